The SMILES string of the molecule is C/C=C1\[C@H]2C[C@H]3C4=Nc5ccccc5[C@@]45C[C@H]([C@@H]2[C@H]5OC(C)=O)N3[C@@H]1O. The van der Waals surface area contributed by atoms with Crippen molar-refractivity contribution >= 4 is 17.4 Å². The number of allylic oxidation sites excluding steroid dienone is 1. The van der Waals surface area contributed by atoms with Gasteiger partial charge < -0.3 is 9.84 Å². The normalized spacial score (nSPS) is 47.7. The molecule has 1 aliphatic carbocycles. The molecule has 5 fully saturated rings. The minimum absolute atomic E-state index is 0.140. The smallest absolute Gasteiger partial charge is 0.302 e. The zero-order valence-electron chi connectivity index (χ0n) is 14.9. The number of aliphatic hydroxyl groups excluding tert-OH is 1. The molecule has 134 valence electrons. The lowest BCUT2D eigenvalue weighted by Crippen LogP contribution is -2.68. The number of nitrogens with zero attached hydrogens (tertiary/aromatic N) is 2. The lowest BCUT2D eigenvalue weighted by molar-refractivity contribution is -0.156. The van der Waals surface area contributed by atoms with Crippen LogP contribution in [-0.4, -0.2) is 46.1 Å². The molecule has 1 aromatic rings. The molecule has 8 atom stereocenters. The number of rotatable bonds is 1. The maximum absolute atomic E-state index is 12.0. The third-order valence-electron chi connectivity index (χ3n) is 7.53. The lowest BCUT2D eigenvalue weighted by atomic mass is 9.66. The maximum atomic E-state index is 12.0. The summed E-state index contributed by atoms with van der Waals surface area (Å²) in [5.74, 6) is 0.264. The van der Waals surface area contributed by atoms with E-state index >= 15 is 0 Å². The first-order valence-corrected chi connectivity index (χ1v) is 9.55. The van der Waals surface area contributed by atoms with Crippen molar-refractivity contribution < 1.29 is 14.6 Å². The van der Waals surface area contributed by atoms with Crippen LogP contribution in [0.25, 0.3) is 0 Å². The van der Waals surface area contributed by atoms with Gasteiger partial charge in [0, 0.05) is 18.9 Å². The van der Waals surface area contributed by atoms with Crippen LogP contribution < -0.4 is 0 Å². The van der Waals surface area contributed by atoms with Gasteiger partial charge >= 0.3 is 5.97 Å². The Bertz CT molecular complexity index is 906. The quantitative estimate of drug-likeness (QED) is 0.624. The van der Waals surface area contributed by atoms with Crippen LogP contribution >= 0.6 is 0 Å². The van der Waals surface area contributed by atoms with Gasteiger partial charge in [-0.3, -0.25) is 14.7 Å². The van der Waals surface area contributed by atoms with E-state index < -0.39 is 6.23 Å². The lowest BCUT2D eigenvalue weighted by Gasteiger charge is -2.58. The van der Waals surface area contributed by atoms with Crippen LogP contribution in [-0.2, 0) is 14.9 Å². The summed E-state index contributed by atoms with van der Waals surface area (Å²) in [6, 6.07) is 8.67. The summed E-state index contributed by atoms with van der Waals surface area (Å²) >= 11 is 0. The van der Waals surface area contributed by atoms with Gasteiger partial charge in [-0.2, -0.15) is 0 Å². The largest absolute Gasteiger partial charge is 0.461 e. The van der Waals surface area contributed by atoms with Crippen LogP contribution in [0.1, 0.15) is 32.3 Å². The highest BCUT2D eigenvalue weighted by atomic mass is 16.5. The fraction of sp³-hybridized carbons (Fsp3) is 0.524. The van der Waals surface area contributed by atoms with E-state index in [1.807, 2.05) is 13.0 Å². The number of esters is 1. The van der Waals surface area contributed by atoms with E-state index in [0.29, 0.717) is 0 Å². The molecule has 5 heteroatoms. The first-order valence-electron chi connectivity index (χ1n) is 9.55. The molecule has 1 saturated carbocycles. The second-order valence-electron chi connectivity index (χ2n) is 8.33. The van der Waals surface area contributed by atoms with E-state index in [2.05, 4.69) is 29.2 Å². The predicted octanol–water partition coefficient (Wildman–Crippen LogP) is 2.31. The predicted molar refractivity (Wildman–Crippen MR) is 96.2 cm³/mol. The van der Waals surface area contributed by atoms with Crippen LogP contribution in [0.5, 0.6) is 0 Å². The van der Waals surface area contributed by atoms with Gasteiger partial charge in [0.15, 0.2) is 0 Å². The van der Waals surface area contributed by atoms with Gasteiger partial charge in [0.1, 0.15) is 12.3 Å². The molecule has 6 aliphatic rings. The number of ether oxygens (including phenoxy) is 1. The number of aliphatic imine (C=N–C) groups is 1. The van der Waals surface area contributed by atoms with Crippen molar-refractivity contribution in [3.05, 3.63) is 41.5 Å². The van der Waals surface area contributed by atoms with E-state index in [4.69, 9.17) is 9.73 Å². The number of aliphatic hydroxyl groups is 1. The fourth-order valence-electron chi connectivity index (χ4n) is 6.90. The summed E-state index contributed by atoms with van der Waals surface area (Å²) in [7, 11) is 0. The van der Waals surface area contributed by atoms with Crippen LogP contribution in [0.15, 0.2) is 40.9 Å². The number of carbonyl (C=O) groups excluding carboxylic acids is 1. The third kappa shape index (κ3) is 1.45. The van der Waals surface area contributed by atoms with E-state index in [1.54, 1.807) is 0 Å². The van der Waals surface area contributed by atoms with Gasteiger partial charge in [-0.25, -0.2) is 0 Å². The second-order valence-corrected chi connectivity index (χ2v) is 8.33. The molecule has 0 aromatic heterocycles. The molecule has 5 nitrogen and oxygen atoms in total. The third-order valence-corrected chi connectivity index (χ3v) is 7.53. The Labute approximate surface area is 152 Å². The monoisotopic (exact) mass is 350 g/mol. The number of hydrogen-bond acceptors (Lipinski definition) is 5. The average Bonchev–Trinajstić information content (AvgIpc) is 3.08. The fourth-order valence-corrected chi connectivity index (χ4v) is 6.90. The van der Waals surface area contributed by atoms with Crippen molar-refractivity contribution in [1.29, 1.82) is 0 Å². The number of hydrogen-bond donors (Lipinski definition) is 1. The molecule has 5 aliphatic heterocycles. The average molecular weight is 350 g/mol. The number of fused-ring (bicyclic) bond motifs is 2. The number of para-hydroxylation sites is 1. The Balaban J connectivity index is 1.62. The molecule has 1 N–H and O–H groups in total. The minimum atomic E-state index is -0.537. The highest BCUT2D eigenvalue weighted by Gasteiger charge is 2.74. The molecule has 7 rings (SSSR count). The molecule has 1 aromatic carbocycles. The first kappa shape index (κ1) is 15.1. The summed E-state index contributed by atoms with van der Waals surface area (Å²) in [4.78, 5) is 19.3. The number of piperidine rings is 4. The molecule has 1 spiro atoms. The van der Waals surface area contributed by atoms with Gasteiger partial charge in [0.05, 0.1) is 22.9 Å². The van der Waals surface area contributed by atoms with Gasteiger partial charge in [-0.05, 0) is 42.9 Å². The Morgan fingerprint density at radius 3 is 3.00 bits per heavy atom. The molecule has 4 saturated heterocycles. The van der Waals surface area contributed by atoms with Crippen LogP contribution in [0.4, 0.5) is 5.69 Å². The van der Waals surface area contributed by atoms with Crippen molar-refractivity contribution in [3.63, 3.8) is 0 Å². The van der Waals surface area contributed by atoms with Crippen molar-refractivity contribution in [1.82, 2.24) is 4.90 Å². The van der Waals surface area contributed by atoms with Crippen molar-refractivity contribution in [3.8, 4) is 0 Å². The number of carbonyl (C=O) groups is 1. The van der Waals surface area contributed by atoms with E-state index in [-0.39, 0.29) is 41.4 Å². The highest BCUT2D eigenvalue weighted by molar-refractivity contribution is 6.08. The minimum Gasteiger partial charge on any atom is -0.461 e. The van der Waals surface area contributed by atoms with Crippen LogP contribution in [0.2, 0.25) is 0 Å². The molecule has 26 heavy (non-hydrogen) atoms. The summed E-state index contributed by atoms with van der Waals surface area (Å²) in [6.07, 6.45) is 3.17. The Morgan fingerprint density at radius 2 is 2.23 bits per heavy atom. The van der Waals surface area contributed by atoms with Crippen LogP contribution in [0, 0.1) is 11.8 Å². The topological polar surface area (TPSA) is 62.1 Å². The summed E-state index contributed by atoms with van der Waals surface area (Å²) in [5, 5.41) is 11.0. The van der Waals surface area contributed by atoms with Crippen LogP contribution in [0.3, 0.4) is 0 Å². The molecule has 5 heterocycles. The zero-order valence-corrected chi connectivity index (χ0v) is 14.9. The maximum Gasteiger partial charge on any atom is 0.302 e. The summed E-state index contributed by atoms with van der Waals surface area (Å²) in [5.41, 5.74) is 4.10. The highest BCUT2D eigenvalue weighted by Crippen LogP contribution is 2.67. The van der Waals surface area contributed by atoms with E-state index in [9.17, 15) is 9.90 Å². The van der Waals surface area contributed by atoms with E-state index in [1.165, 1.54) is 12.5 Å². The van der Waals surface area contributed by atoms with Crippen molar-refractivity contribution in [2.45, 2.75) is 56.5 Å². The Kier molecular flexibility index (Phi) is 2.70. The van der Waals surface area contributed by atoms with Gasteiger partial charge in [0.2, 0.25) is 0 Å². The molecule has 1 unspecified atom stereocenters. The van der Waals surface area contributed by atoms with Crippen molar-refractivity contribution in [2.24, 2.45) is 16.8 Å². The molecule has 5 bridgehead atoms. The van der Waals surface area contributed by atoms with Gasteiger partial charge in [-0.15, -0.1) is 0 Å². The molecule has 0 amide bonds. The molecular weight excluding hydrogens is 328 g/mol. The second kappa shape index (κ2) is 4.65. The summed E-state index contributed by atoms with van der Waals surface area (Å²) in [6.45, 7) is 3.51. The van der Waals surface area contributed by atoms with E-state index in [0.717, 1.165) is 29.8 Å². The first-order chi connectivity index (χ1) is 12.6. The Morgan fingerprint density at radius 1 is 1.42 bits per heavy atom. The zero-order chi connectivity index (χ0) is 17.8. The number of benzene rings is 1. The standard InChI is InChI=1S/C21H22N2O3/c1-3-11-12-8-15-18-21(13-6-4-5-7-14(13)22-18)9-16(23(15)20(11)25)17(12)19(21)26-10(2)24/h3-7,12,15-17,19-20,25H,8-9H2,1-2H3/b11-3+/t12-,15+,16-,17-,19-,20-,21+/m1/s1. The molecule has 0 radical (unpaired) electrons. The summed E-state index contributed by atoms with van der Waals surface area (Å²) < 4.78 is 6.04. The van der Waals surface area contributed by atoms with Gasteiger partial charge in [0.25, 0.3) is 0 Å². The van der Waals surface area contributed by atoms with Gasteiger partial charge in [-0.1, -0.05) is 24.3 Å². The Hall–Kier alpha value is -1.98. The molecular formula is C21H22N2O3. The van der Waals surface area contributed by atoms with Crippen molar-refractivity contribution in [2.75, 3.05) is 0 Å².